The van der Waals surface area contributed by atoms with E-state index in [0.29, 0.717) is 37.4 Å². The summed E-state index contributed by atoms with van der Waals surface area (Å²) in [4.78, 5) is 27.4. The minimum Gasteiger partial charge on any atom is -0.481 e. The number of hydrogen-bond acceptors (Lipinski definition) is 6. The van der Waals surface area contributed by atoms with Crippen LogP contribution in [0.15, 0.2) is 55.0 Å². The van der Waals surface area contributed by atoms with Crippen molar-refractivity contribution in [2.24, 2.45) is 10.8 Å². The normalized spacial score (nSPS) is 22.5. The lowest BCUT2D eigenvalue weighted by Gasteiger charge is -2.20. The predicted octanol–water partition coefficient (Wildman–Crippen LogP) is 4.59. The van der Waals surface area contributed by atoms with E-state index in [1.54, 1.807) is 30.6 Å². The second kappa shape index (κ2) is 8.22. The Kier molecular flexibility index (Phi) is 5.18. The SMILES string of the molecule is Cc1nc2ccc(-c3cnc(N4CC5(C)CC5(C(=O)O)C4)nc3)cn2c1Cc1ccccc1OC(F)F. The molecule has 4 heterocycles. The third-order valence-electron chi connectivity index (χ3n) is 7.85. The fourth-order valence-corrected chi connectivity index (χ4v) is 5.69. The zero-order valence-corrected chi connectivity index (χ0v) is 20.4. The number of piperidine rings is 1. The molecule has 2 unspecified atom stereocenters. The molecule has 0 spiro atoms. The number of carboxylic acids is 1. The van der Waals surface area contributed by atoms with Gasteiger partial charge in [-0.2, -0.15) is 8.78 Å². The third kappa shape index (κ3) is 3.78. The molecule has 0 radical (unpaired) electrons. The van der Waals surface area contributed by atoms with Gasteiger partial charge in [-0.25, -0.2) is 15.0 Å². The summed E-state index contributed by atoms with van der Waals surface area (Å²) >= 11 is 0. The van der Waals surface area contributed by atoms with Crippen molar-refractivity contribution < 1.29 is 23.4 Å². The van der Waals surface area contributed by atoms with E-state index in [9.17, 15) is 18.7 Å². The number of carboxylic acid groups (broad SMARTS) is 1. The molecular weight excluding hydrogens is 480 g/mol. The molecule has 1 aliphatic carbocycles. The maximum Gasteiger partial charge on any atom is 0.387 e. The van der Waals surface area contributed by atoms with Gasteiger partial charge in [0.05, 0.1) is 11.1 Å². The van der Waals surface area contributed by atoms with E-state index in [2.05, 4.69) is 15.0 Å². The molecule has 2 fully saturated rings. The number of nitrogens with zero attached hydrogens (tertiary/aromatic N) is 5. The van der Waals surface area contributed by atoms with Crippen molar-refractivity contribution in [2.45, 2.75) is 33.3 Å². The summed E-state index contributed by atoms with van der Waals surface area (Å²) in [6, 6.07) is 10.6. The molecule has 2 aliphatic rings. The van der Waals surface area contributed by atoms with Crippen LogP contribution in [-0.2, 0) is 11.2 Å². The number of aromatic nitrogens is 4. The highest BCUT2D eigenvalue weighted by atomic mass is 19.3. The van der Waals surface area contributed by atoms with E-state index >= 15 is 0 Å². The molecule has 0 bridgehead atoms. The van der Waals surface area contributed by atoms with Gasteiger partial charge in [0.1, 0.15) is 11.4 Å². The minimum absolute atomic E-state index is 0.144. The molecule has 190 valence electrons. The highest BCUT2D eigenvalue weighted by molar-refractivity contribution is 5.82. The molecule has 2 atom stereocenters. The standard InChI is InChI=1S/C27H25F2N5O3/c1-16-20(9-17-5-3-4-6-21(17)37-24(28)29)34-12-18(7-8-22(34)32-16)19-10-30-25(31-11-19)33-14-26(2)13-27(26,15-33)23(35)36/h3-8,10-12,24H,9,13-15H2,1-2H3,(H,35,36). The highest BCUT2D eigenvalue weighted by Crippen LogP contribution is 2.68. The molecule has 1 saturated heterocycles. The number of rotatable bonds is 7. The smallest absolute Gasteiger partial charge is 0.387 e. The zero-order chi connectivity index (χ0) is 25.9. The van der Waals surface area contributed by atoms with Gasteiger partial charge < -0.3 is 19.1 Å². The predicted molar refractivity (Wildman–Crippen MR) is 132 cm³/mol. The maximum atomic E-state index is 12.9. The first-order chi connectivity index (χ1) is 17.7. The number of aliphatic carboxylic acids is 1. The number of imidazole rings is 1. The largest absolute Gasteiger partial charge is 0.481 e. The molecular formula is C27H25F2N5O3. The van der Waals surface area contributed by atoms with E-state index in [1.807, 2.05) is 41.5 Å². The summed E-state index contributed by atoms with van der Waals surface area (Å²) in [7, 11) is 0. The van der Waals surface area contributed by atoms with Gasteiger partial charge >= 0.3 is 12.6 Å². The summed E-state index contributed by atoms with van der Waals surface area (Å²) in [6.07, 6.45) is 6.46. The number of benzene rings is 1. The van der Waals surface area contributed by atoms with Crippen LogP contribution in [0.1, 0.15) is 30.3 Å². The number of hydrogen-bond donors (Lipinski definition) is 1. The van der Waals surface area contributed by atoms with Crippen LogP contribution >= 0.6 is 0 Å². The quantitative estimate of drug-likeness (QED) is 0.393. The first-order valence-corrected chi connectivity index (χ1v) is 12.0. The number of aryl methyl sites for hydroxylation is 1. The summed E-state index contributed by atoms with van der Waals surface area (Å²) in [5.41, 5.74) is 3.77. The monoisotopic (exact) mass is 505 g/mol. The lowest BCUT2D eigenvalue weighted by atomic mass is 9.99. The Morgan fingerprint density at radius 2 is 1.89 bits per heavy atom. The Labute approximate surface area is 211 Å². The molecule has 1 saturated carbocycles. The first kappa shape index (κ1) is 23.3. The summed E-state index contributed by atoms with van der Waals surface area (Å²) in [6.45, 7) is 2.04. The van der Waals surface area contributed by atoms with Gasteiger partial charge in [-0.3, -0.25) is 4.79 Å². The van der Waals surface area contributed by atoms with Crippen molar-refractivity contribution in [3.8, 4) is 16.9 Å². The van der Waals surface area contributed by atoms with E-state index in [4.69, 9.17) is 4.74 Å². The molecule has 1 aliphatic heterocycles. The van der Waals surface area contributed by atoms with Crippen molar-refractivity contribution in [3.05, 3.63) is 71.9 Å². The average Bonchev–Trinajstić information content (AvgIpc) is 3.17. The average molecular weight is 506 g/mol. The molecule has 10 heteroatoms. The number of anilines is 1. The number of pyridine rings is 1. The number of fused-ring (bicyclic) bond motifs is 2. The Morgan fingerprint density at radius 3 is 2.59 bits per heavy atom. The van der Waals surface area contributed by atoms with Crippen molar-refractivity contribution >= 4 is 17.6 Å². The Balaban J connectivity index is 1.28. The first-order valence-electron chi connectivity index (χ1n) is 12.0. The van der Waals surface area contributed by atoms with Crippen LogP contribution in [0.2, 0.25) is 0 Å². The van der Waals surface area contributed by atoms with E-state index in [-0.39, 0.29) is 11.2 Å². The highest BCUT2D eigenvalue weighted by Gasteiger charge is 2.74. The topological polar surface area (TPSA) is 92.9 Å². The van der Waals surface area contributed by atoms with Gasteiger partial charge in [0.2, 0.25) is 5.95 Å². The number of alkyl halides is 2. The molecule has 8 nitrogen and oxygen atoms in total. The van der Waals surface area contributed by atoms with E-state index in [1.165, 1.54) is 6.07 Å². The lowest BCUT2D eigenvalue weighted by molar-refractivity contribution is -0.143. The van der Waals surface area contributed by atoms with Gasteiger partial charge in [-0.1, -0.05) is 25.1 Å². The van der Waals surface area contributed by atoms with Gasteiger partial charge in [-0.15, -0.1) is 0 Å². The van der Waals surface area contributed by atoms with Crippen molar-refractivity contribution in [2.75, 3.05) is 18.0 Å². The van der Waals surface area contributed by atoms with Crippen molar-refractivity contribution in [1.29, 1.82) is 0 Å². The van der Waals surface area contributed by atoms with Gasteiger partial charge in [-0.05, 0) is 31.5 Å². The minimum atomic E-state index is -2.90. The van der Waals surface area contributed by atoms with E-state index in [0.717, 1.165) is 28.2 Å². The third-order valence-corrected chi connectivity index (χ3v) is 7.85. The number of halogens is 2. The van der Waals surface area contributed by atoms with E-state index < -0.39 is 18.0 Å². The molecule has 4 aromatic rings. The molecule has 1 N–H and O–H groups in total. The Morgan fingerprint density at radius 1 is 1.14 bits per heavy atom. The van der Waals surface area contributed by atoms with Crippen LogP contribution in [0.25, 0.3) is 16.8 Å². The number of ether oxygens (including phenoxy) is 1. The fourth-order valence-electron chi connectivity index (χ4n) is 5.69. The van der Waals surface area contributed by atoms with Gasteiger partial charge in [0.25, 0.3) is 0 Å². The fraction of sp³-hybridized carbons (Fsp3) is 0.333. The van der Waals surface area contributed by atoms with Crippen LogP contribution in [0.4, 0.5) is 14.7 Å². The maximum absolute atomic E-state index is 12.9. The van der Waals surface area contributed by atoms with Gasteiger partial charge in [0, 0.05) is 65.9 Å². The number of carbonyl (C=O) groups is 1. The summed E-state index contributed by atoms with van der Waals surface area (Å²) in [5, 5.41) is 9.68. The van der Waals surface area contributed by atoms with Gasteiger partial charge in [0.15, 0.2) is 0 Å². The Bertz CT molecular complexity index is 1520. The molecule has 37 heavy (non-hydrogen) atoms. The van der Waals surface area contributed by atoms with Crippen molar-refractivity contribution in [1.82, 2.24) is 19.4 Å². The zero-order valence-electron chi connectivity index (χ0n) is 20.4. The summed E-state index contributed by atoms with van der Waals surface area (Å²) < 4.78 is 32.4. The molecule has 0 amide bonds. The van der Waals surface area contributed by atoms with Crippen LogP contribution < -0.4 is 9.64 Å². The molecule has 1 aromatic carbocycles. The van der Waals surface area contributed by atoms with Crippen LogP contribution in [0, 0.1) is 17.8 Å². The van der Waals surface area contributed by atoms with Crippen LogP contribution in [-0.4, -0.2) is 50.1 Å². The second-order valence-corrected chi connectivity index (χ2v) is 10.2. The molecule has 3 aromatic heterocycles. The lowest BCUT2D eigenvalue weighted by Crippen LogP contribution is -2.29. The second-order valence-electron chi connectivity index (χ2n) is 10.2. The number of para-hydroxylation sites is 1. The summed E-state index contributed by atoms with van der Waals surface area (Å²) in [5.74, 6) is -0.0870. The molecule has 6 rings (SSSR count). The van der Waals surface area contributed by atoms with Crippen LogP contribution in [0.5, 0.6) is 5.75 Å². The Hall–Kier alpha value is -4.08. The van der Waals surface area contributed by atoms with Crippen LogP contribution in [0.3, 0.4) is 0 Å². The van der Waals surface area contributed by atoms with Crippen molar-refractivity contribution in [3.63, 3.8) is 0 Å².